The largest absolute Gasteiger partial charge is 0.336 e. The summed E-state index contributed by atoms with van der Waals surface area (Å²) in [6.07, 6.45) is 1.96. The van der Waals surface area contributed by atoms with Gasteiger partial charge in [0.25, 0.3) is 10.3 Å². The van der Waals surface area contributed by atoms with Crippen molar-refractivity contribution in [1.82, 2.24) is 0 Å². The molecule has 3 aromatic rings. The third-order valence-electron chi connectivity index (χ3n) is 4.92. The second-order valence-corrected chi connectivity index (χ2v) is 9.66. The molecule has 1 amide bonds. The van der Waals surface area contributed by atoms with Gasteiger partial charge < -0.3 is 4.74 Å². The molecular formula is C24H19NO2S2. The Kier molecular flexibility index (Phi) is 4.96. The summed E-state index contributed by atoms with van der Waals surface area (Å²) >= 11 is 3.20. The van der Waals surface area contributed by atoms with Gasteiger partial charge in [0.15, 0.2) is 0 Å². The van der Waals surface area contributed by atoms with Gasteiger partial charge in [-0.1, -0.05) is 102 Å². The van der Waals surface area contributed by atoms with Crippen LogP contribution in [0.25, 0.3) is 6.08 Å². The van der Waals surface area contributed by atoms with Crippen molar-refractivity contribution in [2.75, 3.05) is 11.5 Å². The van der Waals surface area contributed by atoms with E-state index in [1.165, 1.54) is 17.3 Å². The zero-order valence-electron chi connectivity index (χ0n) is 15.6. The van der Waals surface area contributed by atoms with Gasteiger partial charge in [-0.25, -0.2) is 0 Å². The summed E-state index contributed by atoms with van der Waals surface area (Å²) in [6, 6.07) is 30.1. The first-order valence-electron chi connectivity index (χ1n) is 9.47. The van der Waals surface area contributed by atoms with Crippen molar-refractivity contribution in [3.05, 3.63) is 107 Å². The lowest BCUT2D eigenvalue weighted by Crippen LogP contribution is -2.41. The fourth-order valence-electron chi connectivity index (χ4n) is 3.54. The Morgan fingerprint density at radius 1 is 0.897 bits per heavy atom. The summed E-state index contributed by atoms with van der Waals surface area (Å²) in [4.78, 5) is 16.0. The molecule has 0 bridgehead atoms. The molecule has 2 saturated heterocycles. The number of para-hydroxylation sites is 1. The lowest BCUT2D eigenvalue weighted by molar-refractivity contribution is -0.115. The molecule has 0 aromatic heterocycles. The molecule has 5 heteroatoms. The van der Waals surface area contributed by atoms with Crippen LogP contribution in [0.2, 0.25) is 0 Å². The summed E-state index contributed by atoms with van der Waals surface area (Å²) in [5.41, 5.74) is 3.08. The lowest BCUT2D eigenvalue weighted by atomic mass is 10.2. The first-order chi connectivity index (χ1) is 14.3. The molecule has 2 aliphatic heterocycles. The normalized spacial score (nSPS) is 25.2. The molecule has 0 N–H and O–H groups in total. The van der Waals surface area contributed by atoms with Gasteiger partial charge in [-0.3, -0.25) is 9.69 Å². The van der Waals surface area contributed by atoms with E-state index in [-0.39, 0.29) is 11.2 Å². The minimum absolute atomic E-state index is 0.0220. The van der Waals surface area contributed by atoms with Gasteiger partial charge in [-0.05, 0) is 29.3 Å². The van der Waals surface area contributed by atoms with Gasteiger partial charge >= 0.3 is 0 Å². The molecule has 0 aliphatic carbocycles. The van der Waals surface area contributed by atoms with E-state index in [4.69, 9.17) is 4.74 Å². The van der Waals surface area contributed by atoms with Crippen LogP contribution in [0.3, 0.4) is 0 Å². The van der Waals surface area contributed by atoms with Crippen LogP contribution in [0, 0.1) is 0 Å². The van der Waals surface area contributed by atoms with Crippen molar-refractivity contribution in [2.24, 2.45) is 0 Å². The molecule has 5 rings (SSSR count). The molecule has 2 heterocycles. The quantitative estimate of drug-likeness (QED) is 0.495. The number of thioether (sulfide) groups is 2. The van der Waals surface area contributed by atoms with E-state index in [0.29, 0.717) is 11.5 Å². The van der Waals surface area contributed by atoms with Gasteiger partial charge in [-0.15, -0.1) is 0 Å². The molecule has 3 nitrogen and oxygen atoms in total. The van der Waals surface area contributed by atoms with Crippen LogP contribution >= 0.6 is 23.5 Å². The molecule has 144 valence electrons. The first-order valence-corrected chi connectivity index (χ1v) is 11.2. The van der Waals surface area contributed by atoms with Crippen molar-refractivity contribution in [2.45, 2.75) is 9.64 Å². The maximum atomic E-state index is 13.5. The average molecular weight is 418 g/mol. The van der Waals surface area contributed by atoms with Crippen molar-refractivity contribution < 1.29 is 9.53 Å². The zero-order valence-corrected chi connectivity index (χ0v) is 17.2. The minimum atomic E-state index is -0.792. The van der Waals surface area contributed by atoms with E-state index in [1.807, 2.05) is 84.9 Å². The standard InChI is InChI=1S/C24H19NO2S2/c26-23-21(16-18-10-4-1-5-11-18)28-24(25(23)20-14-8-3-9-15-20)27-17-22(29-24)19-12-6-2-7-13-19/h1-16,22H,17H2/b21-16-/t22-,24-/m1/s1. The smallest absolute Gasteiger partial charge is 0.268 e. The number of carbonyl (C=O) groups excluding carboxylic acids is 1. The Labute approximate surface area is 178 Å². The summed E-state index contributed by atoms with van der Waals surface area (Å²) in [5, 5.41) is 0.179. The minimum Gasteiger partial charge on any atom is -0.336 e. The monoisotopic (exact) mass is 417 g/mol. The van der Waals surface area contributed by atoms with Crippen LogP contribution in [0.5, 0.6) is 0 Å². The molecule has 1 spiro atoms. The Morgan fingerprint density at radius 3 is 2.21 bits per heavy atom. The van der Waals surface area contributed by atoms with Crippen LogP contribution < -0.4 is 4.90 Å². The first kappa shape index (κ1) is 18.6. The van der Waals surface area contributed by atoms with Gasteiger partial charge in [0.2, 0.25) is 0 Å². The predicted octanol–water partition coefficient (Wildman–Crippen LogP) is 5.92. The third kappa shape index (κ3) is 3.50. The van der Waals surface area contributed by atoms with Crippen LogP contribution in [0.15, 0.2) is 95.9 Å². The predicted molar refractivity (Wildman–Crippen MR) is 121 cm³/mol. The molecule has 2 fully saturated rings. The Hall–Kier alpha value is -2.47. The highest BCUT2D eigenvalue weighted by Crippen LogP contribution is 2.61. The Bertz CT molecular complexity index is 1040. The maximum Gasteiger partial charge on any atom is 0.268 e. The molecule has 3 aromatic carbocycles. The van der Waals surface area contributed by atoms with Crippen molar-refractivity contribution in [3.63, 3.8) is 0 Å². The molecule has 0 unspecified atom stereocenters. The van der Waals surface area contributed by atoms with Gasteiger partial charge in [0.1, 0.15) is 0 Å². The number of anilines is 1. The van der Waals surface area contributed by atoms with E-state index in [1.54, 1.807) is 16.7 Å². The van der Waals surface area contributed by atoms with Crippen molar-refractivity contribution in [1.29, 1.82) is 0 Å². The van der Waals surface area contributed by atoms with Crippen LogP contribution in [0.4, 0.5) is 5.69 Å². The molecule has 29 heavy (non-hydrogen) atoms. The number of hydrogen-bond acceptors (Lipinski definition) is 4. The summed E-state index contributed by atoms with van der Waals surface area (Å²) in [5.74, 6) is -0.0220. The molecular weight excluding hydrogens is 398 g/mol. The van der Waals surface area contributed by atoms with E-state index >= 15 is 0 Å². The van der Waals surface area contributed by atoms with E-state index < -0.39 is 4.39 Å². The maximum absolute atomic E-state index is 13.5. The van der Waals surface area contributed by atoms with E-state index in [9.17, 15) is 4.79 Å². The third-order valence-corrected chi connectivity index (χ3v) is 7.82. The van der Waals surface area contributed by atoms with E-state index in [0.717, 1.165) is 11.3 Å². The second kappa shape index (κ2) is 7.75. The fourth-order valence-corrected chi connectivity index (χ4v) is 6.63. The molecule has 0 radical (unpaired) electrons. The Morgan fingerprint density at radius 2 is 1.52 bits per heavy atom. The van der Waals surface area contributed by atoms with Gasteiger partial charge in [0, 0.05) is 5.69 Å². The highest BCUT2D eigenvalue weighted by atomic mass is 32.2. The second-order valence-electron chi connectivity index (χ2n) is 6.85. The average Bonchev–Trinajstić information content (AvgIpc) is 3.31. The fraction of sp³-hybridized carbons (Fsp3) is 0.125. The number of benzene rings is 3. The van der Waals surface area contributed by atoms with Gasteiger partial charge in [0.05, 0.1) is 16.8 Å². The number of amides is 1. The van der Waals surface area contributed by atoms with E-state index in [2.05, 4.69) is 12.1 Å². The summed E-state index contributed by atoms with van der Waals surface area (Å²) < 4.78 is 5.57. The highest BCUT2D eigenvalue weighted by molar-refractivity contribution is 8.21. The van der Waals surface area contributed by atoms with Crippen LogP contribution in [-0.4, -0.2) is 16.9 Å². The molecule has 0 saturated carbocycles. The number of ether oxygens (including phenoxy) is 1. The Balaban J connectivity index is 1.54. The SMILES string of the molecule is O=C1/C(=C/c2ccccc2)S[C@]2(OC[C@H](c3ccccc3)S2)N1c1ccccc1. The van der Waals surface area contributed by atoms with Gasteiger partial charge in [-0.2, -0.15) is 0 Å². The number of nitrogens with zero attached hydrogens (tertiary/aromatic N) is 1. The van der Waals surface area contributed by atoms with Crippen LogP contribution in [0.1, 0.15) is 16.4 Å². The number of rotatable bonds is 3. The summed E-state index contributed by atoms with van der Waals surface area (Å²) in [6.45, 7) is 0.566. The lowest BCUT2D eigenvalue weighted by Gasteiger charge is -2.31. The van der Waals surface area contributed by atoms with Crippen LogP contribution in [-0.2, 0) is 9.53 Å². The number of hydrogen-bond donors (Lipinski definition) is 0. The molecule has 2 atom stereocenters. The topological polar surface area (TPSA) is 29.5 Å². The molecule has 2 aliphatic rings. The summed E-state index contributed by atoms with van der Waals surface area (Å²) in [7, 11) is 0. The zero-order chi connectivity index (χ0) is 19.7. The van der Waals surface area contributed by atoms with Crippen molar-refractivity contribution >= 4 is 41.2 Å². The highest BCUT2D eigenvalue weighted by Gasteiger charge is 2.56. The van der Waals surface area contributed by atoms with Crippen molar-refractivity contribution in [3.8, 4) is 0 Å². The number of carbonyl (C=O) groups is 1.